The third-order valence-electron chi connectivity index (χ3n) is 6.63. The highest BCUT2D eigenvalue weighted by atomic mass is 32.2. The number of hydrogen-bond donors (Lipinski definition) is 1. The third kappa shape index (κ3) is 5.79. The van der Waals surface area contributed by atoms with Crippen LogP contribution in [-0.2, 0) is 14.8 Å². The summed E-state index contributed by atoms with van der Waals surface area (Å²) in [5.74, 6) is -1.45. The number of unbranched alkanes of at least 4 members (excludes halogenated alkanes) is 2. The number of nitrogens with zero attached hydrogens (tertiary/aromatic N) is 3. The number of sulfonamides is 1. The molecule has 0 spiro atoms. The highest BCUT2D eigenvalue weighted by Gasteiger charge is 2.55. The first-order valence-corrected chi connectivity index (χ1v) is 12.9. The van der Waals surface area contributed by atoms with Crippen molar-refractivity contribution in [2.45, 2.75) is 76.6 Å². The normalized spacial score (nSPS) is 17.1. The van der Waals surface area contributed by atoms with E-state index >= 15 is 0 Å². The van der Waals surface area contributed by atoms with Crippen LogP contribution in [0.15, 0.2) is 24.7 Å². The number of allylic oxidation sites excluding steroid dienone is 2. The SMILES string of the molecule is CCCCCC(C1(CC=C(C)c2ncnc3[nH]ccc23)CC1)S(=O)(=O)N(C)C(=O)CC(F)(F)F. The number of rotatable bonds is 11. The number of halogens is 3. The second kappa shape index (κ2) is 10.1. The molecular formula is C23H31F3N4O3S. The predicted molar refractivity (Wildman–Crippen MR) is 124 cm³/mol. The van der Waals surface area contributed by atoms with Gasteiger partial charge in [-0.1, -0.05) is 32.3 Å². The van der Waals surface area contributed by atoms with Crippen LogP contribution < -0.4 is 0 Å². The van der Waals surface area contributed by atoms with Crippen LogP contribution in [0.4, 0.5) is 13.2 Å². The summed E-state index contributed by atoms with van der Waals surface area (Å²) in [7, 11) is -3.32. The van der Waals surface area contributed by atoms with Crippen LogP contribution in [0.3, 0.4) is 0 Å². The van der Waals surface area contributed by atoms with Gasteiger partial charge in [0, 0.05) is 18.6 Å². The Balaban J connectivity index is 1.86. The van der Waals surface area contributed by atoms with Gasteiger partial charge in [0.15, 0.2) is 0 Å². The Labute approximate surface area is 197 Å². The Kier molecular flexibility index (Phi) is 7.74. The smallest absolute Gasteiger partial charge is 0.346 e. The summed E-state index contributed by atoms with van der Waals surface area (Å²) < 4.78 is 65.3. The second-order valence-electron chi connectivity index (χ2n) is 9.10. The summed E-state index contributed by atoms with van der Waals surface area (Å²) in [6.45, 7) is 3.88. The number of hydrogen-bond acceptors (Lipinski definition) is 5. The highest BCUT2D eigenvalue weighted by molar-refractivity contribution is 7.90. The molecule has 1 amide bonds. The minimum absolute atomic E-state index is 0.308. The molecule has 0 saturated heterocycles. The number of carbonyl (C=O) groups excluding carboxylic acids is 1. The Morgan fingerprint density at radius 1 is 1.29 bits per heavy atom. The summed E-state index contributed by atoms with van der Waals surface area (Å²) >= 11 is 0. The molecule has 1 saturated carbocycles. The number of aromatic amines is 1. The first-order valence-electron chi connectivity index (χ1n) is 11.4. The molecule has 2 heterocycles. The van der Waals surface area contributed by atoms with Crippen molar-refractivity contribution in [1.82, 2.24) is 19.3 Å². The average molecular weight is 501 g/mol. The zero-order chi connectivity index (χ0) is 25.1. The first-order chi connectivity index (χ1) is 15.9. The molecule has 3 rings (SSSR count). The van der Waals surface area contributed by atoms with E-state index in [0.717, 1.165) is 36.5 Å². The van der Waals surface area contributed by atoms with Gasteiger partial charge < -0.3 is 4.98 Å². The van der Waals surface area contributed by atoms with E-state index in [9.17, 15) is 26.4 Å². The molecule has 1 atom stereocenters. The molecule has 1 N–H and O–H groups in total. The molecule has 0 aromatic carbocycles. The molecule has 34 heavy (non-hydrogen) atoms. The minimum atomic E-state index is -4.77. The van der Waals surface area contributed by atoms with Gasteiger partial charge in [0.1, 0.15) is 18.4 Å². The molecule has 1 unspecified atom stereocenters. The quantitative estimate of drug-likeness (QED) is 0.427. The zero-order valence-corrected chi connectivity index (χ0v) is 20.5. The maximum Gasteiger partial charge on any atom is 0.397 e. The predicted octanol–water partition coefficient (Wildman–Crippen LogP) is 5.22. The largest absolute Gasteiger partial charge is 0.397 e. The van der Waals surface area contributed by atoms with Crippen molar-refractivity contribution in [1.29, 1.82) is 0 Å². The van der Waals surface area contributed by atoms with E-state index < -0.39 is 39.2 Å². The zero-order valence-electron chi connectivity index (χ0n) is 19.7. The summed E-state index contributed by atoms with van der Waals surface area (Å²) in [4.78, 5) is 23.7. The summed E-state index contributed by atoms with van der Waals surface area (Å²) in [6, 6.07) is 1.87. The Morgan fingerprint density at radius 3 is 2.62 bits per heavy atom. The lowest BCUT2D eigenvalue weighted by atomic mass is 9.92. The fourth-order valence-corrected chi connectivity index (χ4v) is 6.58. The van der Waals surface area contributed by atoms with Crippen molar-refractivity contribution >= 4 is 32.5 Å². The number of amides is 1. The van der Waals surface area contributed by atoms with Crippen molar-refractivity contribution in [2.75, 3.05) is 7.05 Å². The second-order valence-corrected chi connectivity index (χ2v) is 11.2. The lowest BCUT2D eigenvalue weighted by Crippen LogP contribution is -2.45. The average Bonchev–Trinajstić information content (AvgIpc) is 3.38. The minimum Gasteiger partial charge on any atom is -0.346 e. The van der Waals surface area contributed by atoms with Gasteiger partial charge in [0.05, 0.1) is 10.9 Å². The molecule has 0 bridgehead atoms. The van der Waals surface area contributed by atoms with Crippen LogP contribution in [0.5, 0.6) is 0 Å². The van der Waals surface area contributed by atoms with Crippen molar-refractivity contribution in [2.24, 2.45) is 5.41 Å². The van der Waals surface area contributed by atoms with Crippen molar-refractivity contribution < 1.29 is 26.4 Å². The highest BCUT2D eigenvalue weighted by Crippen LogP contribution is 2.56. The summed E-state index contributed by atoms with van der Waals surface area (Å²) in [5.41, 5.74) is 1.70. The number of carbonyl (C=O) groups is 1. The van der Waals surface area contributed by atoms with E-state index in [0.29, 0.717) is 42.1 Å². The standard InChI is InChI=1S/C23H31F3N4O3S/c1-4-5-6-7-18(34(32,33)30(3)19(31)14-23(24,25)26)22(11-12-22)10-8-16(2)20-17-9-13-27-21(17)29-15-28-20/h8-9,13,15,18H,4-7,10-12,14H2,1-3H3,(H,27,28,29). The van der Waals surface area contributed by atoms with Crippen LogP contribution in [0.1, 0.15) is 70.9 Å². The lowest BCUT2D eigenvalue weighted by molar-refractivity contribution is -0.157. The van der Waals surface area contributed by atoms with Crippen LogP contribution in [0.25, 0.3) is 16.6 Å². The van der Waals surface area contributed by atoms with Crippen LogP contribution in [0.2, 0.25) is 0 Å². The van der Waals surface area contributed by atoms with Gasteiger partial charge in [-0.3, -0.25) is 4.79 Å². The van der Waals surface area contributed by atoms with Gasteiger partial charge in [-0.2, -0.15) is 13.2 Å². The van der Waals surface area contributed by atoms with Crippen molar-refractivity contribution in [3.63, 3.8) is 0 Å². The Bertz CT molecular complexity index is 1150. The van der Waals surface area contributed by atoms with Gasteiger partial charge in [-0.05, 0) is 49.7 Å². The van der Waals surface area contributed by atoms with E-state index in [4.69, 9.17) is 0 Å². The van der Waals surface area contributed by atoms with Gasteiger partial charge in [-0.25, -0.2) is 22.7 Å². The molecule has 1 aliphatic carbocycles. The van der Waals surface area contributed by atoms with Crippen molar-refractivity contribution in [3.05, 3.63) is 30.4 Å². The Hall–Kier alpha value is -2.43. The number of H-pyrrole nitrogens is 1. The number of fused-ring (bicyclic) bond motifs is 1. The van der Waals surface area contributed by atoms with Crippen molar-refractivity contribution in [3.8, 4) is 0 Å². The molecule has 188 valence electrons. The van der Waals surface area contributed by atoms with E-state index in [2.05, 4.69) is 15.0 Å². The van der Waals surface area contributed by atoms with Gasteiger partial charge >= 0.3 is 6.18 Å². The lowest BCUT2D eigenvalue weighted by Gasteiger charge is -2.31. The van der Waals surface area contributed by atoms with Gasteiger partial charge in [0.25, 0.3) is 0 Å². The van der Waals surface area contributed by atoms with E-state index in [-0.39, 0.29) is 0 Å². The molecule has 2 aromatic heterocycles. The Morgan fingerprint density at radius 2 is 2.00 bits per heavy atom. The topological polar surface area (TPSA) is 96.0 Å². The number of nitrogens with one attached hydrogen (secondary N) is 1. The van der Waals surface area contributed by atoms with E-state index in [1.807, 2.05) is 26.0 Å². The summed E-state index contributed by atoms with van der Waals surface area (Å²) in [5, 5.41) is -0.0684. The van der Waals surface area contributed by atoms with Gasteiger partial charge in [0.2, 0.25) is 15.9 Å². The molecule has 0 radical (unpaired) electrons. The monoisotopic (exact) mass is 500 g/mol. The molecule has 0 aliphatic heterocycles. The molecule has 2 aromatic rings. The molecular weight excluding hydrogens is 469 g/mol. The fourth-order valence-electron chi connectivity index (χ4n) is 4.42. The fraction of sp³-hybridized carbons (Fsp3) is 0.609. The van der Waals surface area contributed by atoms with E-state index in [1.54, 1.807) is 6.20 Å². The molecule has 7 nitrogen and oxygen atoms in total. The number of alkyl halides is 3. The van der Waals surface area contributed by atoms with Crippen LogP contribution in [-0.4, -0.2) is 52.1 Å². The third-order valence-corrected chi connectivity index (χ3v) is 9.05. The maximum atomic E-state index is 13.4. The molecule has 11 heteroatoms. The molecule has 1 fully saturated rings. The maximum absolute atomic E-state index is 13.4. The van der Waals surface area contributed by atoms with E-state index in [1.165, 1.54) is 6.33 Å². The van der Waals surface area contributed by atoms with Crippen LogP contribution in [0, 0.1) is 5.41 Å². The van der Waals surface area contributed by atoms with Gasteiger partial charge in [-0.15, -0.1) is 0 Å². The number of aromatic nitrogens is 3. The first kappa shape index (κ1) is 26.2. The van der Waals surface area contributed by atoms with Crippen LogP contribution >= 0.6 is 0 Å². The molecule has 1 aliphatic rings. The summed E-state index contributed by atoms with van der Waals surface area (Å²) in [6.07, 6.45) is 2.94.